The molecule has 0 saturated heterocycles. The average molecular weight is 315 g/mol. The molecule has 0 aliphatic carbocycles. The van der Waals surface area contributed by atoms with Crippen LogP contribution in [0, 0.1) is 5.92 Å². The molecule has 0 amide bonds. The second-order valence-corrected chi connectivity index (χ2v) is 5.95. The van der Waals surface area contributed by atoms with Gasteiger partial charge in [0.25, 0.3) is 5.97 Å². The van der Waals surface area contributed by atoms with Gasteiger partial charge in [-0.2, -0.15) is 0 Å². The Morgan fingerprint density at radius 1 is 0.773 bits per heavy atom. The van der Waals surface area contributed by atoms with Crippen molar-refractivity contribution in [3.8, 4) is 0 Å². The Kier molecular flexibility index (Phi) is 14.0. The molecule has 1 atom stereocenters. The summed E-state index contributed by atoms with van der Waals surface area (Å²) in [6.07, 6.45) is 16.8. The number of rotatable bonds is 15. The van der Waals surface area contributed by atoms with Crippen LogP contribution in [0.4, 0.5) is 0 Å². The second-order valence-electron chi connectivity index (χ2n) is 5.95. The fraction of sp³-hybridized carbons (Fsp3) is 0.895. The van der Waals surface area contributed by atoms with Crippen LogP contribution in [0.2, 0.25) is 0 Å². The Labute approximate surface area is 138 Å². The van der Waals surface area contributed by atoms with Crippen molar-refractivity contribution in [2.45, 2.75) is 84.0 Å². The summed E-state index contributed by atoms with van der Waals surface area (Å²) in [5, 5.41) is 0. The topological polar surface area (TPSA) is 27.7 Å². The quantitative estimate of drug-likeness (QED) is 0.221. The fourth-order valence-corrected chi connectivity index (χ4v) is 2.82. The molecule has 0 bridgehead atoms. The molecule has 0 fully saturated rings. The van der Waals surface area contributed by atoms with Gasteiger partial charge < -0.3 is 14.2 Å². The molecule has 0 aliphatic rings. The summed E-state index contributed by atoms with van der Waals surface area (Å²) in [6, 6.07) is 0. The summed E-state index contributed by atoms with van der Waals surface area (Å²) in [5.41, 5.74) is 0. The first-order chi connectivity index (χ1) is 10.7. The van der Waals surface area contributed by atoms with Gasteiger partial charge in [-0.3, -0.25) is 0 Å². The van der Waals surface area contributed by atoms with Crippen molar-refractivity contribution in [1.82, 2.24) is 0 Å². The fourth-order valence-electron chi connectivity index (χ4n) is 2.82. The number of ether oxygens (including phenoxy) is 3. The zero-order valence-electron chi connectivity index (χ0n) is 15.5. The molecule has 3 nitrogen and oxygen atoms in total. The minimum Gasteiger partial charge on any atom is -0.330 e. The lowest BCUT2D eigenvalue weighted by Gasteiger charge is -2.35. The molecule has 1 unspecified atom stereocenters. The van der Waals surface area contributed by atoms with Crippen molar-refractivity contribution in [3.05, 3.63) is 12.2 Å². The Bertz CT molecular complexity index is 251. The standard InChI is InChI=1S/C19H38O3/c1-6-8-10-12-13-15-17-18(16-14-11-9-7-2)19(20-3,21-4)22-5/h14,16,18H,6-13,15,17H2,1-5H3. The first-order valence-corrected chi connectivity index (χ1v) is 9.02. The minimum atomic E-state index is -0.952. The van der Waals surface area contributed by atoms with Gasteiger partial charge in [0.15, 0.2) is 0 Å². The van der Waals surface area contributed by atoms with Gasteiger partial charge >= 0.3 is 0 Å². The smallest absolute Gasteiger partial charge is 0.288 e. The third kappa shape index (κ3) is 8.30. The average Bonchev–Trinajstić information content (AvgIpc) is 2.55. The summed E-state index contributed by atoms with van der Waals surface area (Å²) < 4.78 is 16.7. The lowest BCUT2D eigenvalue weighted by Crippen LogP contribution is -2.43. The molecule has 22 heavy (non-hydrogen) atoms. The molecule has 0 aromatic rings. The minimum absolute atomic E-state index is 0.135. The van der Waals surface area contributed by atoms with Crippen molar-refractivity contribution in [2.75, 3.05) is 21.3 Å². The van der Waals surface area contributed by atoms with E-state index in [0.717, 1.165) is 12.8 Å². The molecule has 0 aromatic carbocycles. The normalized spacial score (nSPS) is 13.9. The zero-order valence-corrected chi connectivity index (χ0v) is 15.5. The number of unbranched alkanes of at least 4 members (excludes halogenated alkanes) is 7. The molecule has 0 saturated carbocycles. The first-order valence-electron chi connectivity index (χ1n) is 9.02. The molecule has 0 heterocycles. The van der Waals surface area contributed by atoms with Crippen molar-refractivity contribution in [3.63, 3.8) is 0 Å². The molecule has 0 aromatic heterocycles. The zero-order chi connectivity index (χ0) is 16.7. The summed E-state index contributed by atoms with van der Waals surface area (Å²) in [5.74, 6) is -0.817. The molecule has 0 rings (SSSR count). The van der Waals surface area contributed by atoms with E-state index in [1.807, 2.05) is 0 Å². The van der Waals surface area contributed by atoms with Crippen LogP contribution >= 0.6 is 0 Å². The maximum Gasteiger partial charge on any atom is 0.288 e. The summed E-state index contributed by atoms with van der Waals surface area (Å²) in [4.78, 5) is 0. The summed E-state index contributed by atoms with van der Waals surface area (Å²) in [6.45, 7) is 4.46. The van der Waals surface area contributed by atoms with E-state index in [2.05, 4.69) is 26.0 Å². The predicted molar refractivity (Wildman–Crippen MR) is 93.9 cm³/mol. The van der Waals surface area contributed by atoms with Gasteiger partial charge in [-0.05, 0) is 12.8 Å². The van der Waals surface area contributed by atoms with Crippen LogP contribution in [0.25, 0.3) is 0 Å². The van der Waals surface area contributed by atoms with Gasteiger partial charge in [0.2, 0.25) is 0 Å². The predicted octanol–water partition coefficient (Wildman–Crippen LogP) is 5.69. The van der Waals surface area contributed by atoms with Gasteiger partial charge in [-0.25, -0.2) is 0 Å². The van der Waals surface area contributed by atoms with Gasteiger partial charge in [-0.1, -0.05) is 77.4 Å². The van der Waals surface area contributed by atoms with Gasteiger partial charge in [-0.15, -0.1) is 0 Å². The Morgan fingerprint density at radius 2 is 1.32 bits per heavy atom. The molecule has 132 valence electrons. The Hall–Kier alpha value is -0.380. The van der Waals surface area contributed by atoms with Crippen LogP contribution < -0.4 is 0 Å². The molecule has 0 N–H and O–H groups in total. The van der Waals surface area contributed by atoms with Gasteiger partial charge in [0, 0.05) is 21.3 Å². The van der Waals surface area contributed by atoms with Crippen LogP contribution in [0.3, 0.4) is 0 Å². The maximum atomic E-state index is 5.56. The van der Waals surface area contributed by atoms with E-state index in [0.29, 0.717) is 0 Å². The van der Waals surface area contributed by atoms with Crippen LogP contribution in [0.5, 0.6) is 0 Å². The highest BCUT2D eigenvalue weighted by Gasteiger charge is 2.37. The molecular weight excluding hydrogens is 276 g/mol. The third-order valence-electron chi connectivity index (χ3n) is 4.27. The van der Waals surface area contributed by atoms with Crippen molar-refractivity contribution in [1.29, 1.82) is 0 Å². The van der Waals surface area contributed by atoms with Crippen molar-refractivity contribution < 1.29 is 14.2 Å². The molecule has 0 radical (unpaired) electrons. The van der Waals surface area contributed by atoms with E-state index in [4.69, 9.17) is 14.2 Å². The highest BCUT2D eigenvalue weighted by molar-refractivity contribution is 4.93. The second kappa shape index (κ2) is 14.2. The van der Waals surface area contributed by atoms with E-state index in [-0.39, 0.29) is 5.92 Å². The van der Waals surface area contributed by atoms with E-state index < -0.39 is 5.97 Å². The SMILES string of the molecule is CCCCC=CC(CCCCCCCC)C(OC)(OC)OC. The Balaban J connectivity index is 4.48. The highest BCUT2D eigenvalue weighted by Crippen LogP contribution is 2.30. The first kappa shape index (κ1) is 21.6. The number of methoxy groups -OCH3 is 3. The van der Waals surface area contributed by atoms with E-state index in [9.17, 15) is 0 Å². The number of hydrogen-bond acceptors (Lipinski definition) is 3. The monoisotopic (exact) mass is 314 g/mol. The number of allylic oxidation sites excluding steroid dienone is 1. The lowest BCUT2D eigenvalue weighted by molar-refractivity contribution is -0.372. The van der Waals surface area contributed by atoms with Crippen LogP contribution in [-0.4, -0.2) is 27.3 Å². The number of hydrogen-bond donors (Lipinski definition) is 0. The third-order valence-corrected chi connectivity index (χ3v) is 4.27. The van der Waals surface area contributed by atoms with E-state index >= 15 is 0 Å². The maximum absolute atomic E-state index is 5.56. The van der Waals surface area contributed by atoms with Gasteiger partial charge in [0.05, 0.1) is 5.92 Å². The largest absolute Gasteiger partial charge is 0.330 e. The van der Waals surface area contributed by atoms with Crippen molar-refractivity contribution in [2.24, 2.45) is 5.92 Å². The van der Waals surface area contributed by atoms with Crippen LogP contribution in [0.1, 0.15) is 78.1 Å². The Morgan fingerprint density at radius 3 is 1.86 bits per heavy atom. The van der Waals surface area contributed by atoms with Crippen LogP contribution in [-0.2, 0) is 14.2 Å². The van der Waals surface area contributed by atoms with E-state index in [1.54, 1.807) is 21.3 Å². The molecular formula is C19H38O3. The van der Waals surface area contributed by atoms with Crippen molar-refractivity contribution >= 4 is 0 Å². The van der Waals surface area contributed by atoms with Gasteiger partial charge in [0.1, 0.15) is 0 Å². The molecule has 0 aliphatic heterocycles. The highest BCUT2D eigenvalue weighted by atomic mass is 16.9. The molecule has 3 heteroatoms. The summed E-state index contributed by atoms with van der Waals surface area (Å²) in [7, 11) is 4.96. The van der Waals surface area contributed by atoms with E-state index in [1.165, 1.54) is 51.4 Å². The molecule has 0 spiro atoms. The van der Waals surface area contributed by atoms with Crippen LogP contribution in [0.15, 0.2) is 12.2 Å². The summed E-state index contributed by atoms with van der Waals surface area (Å²) >= 11 is 0. The lowest BCUT2D eigenvalue weighted by atomic mass is 9.96.